The van der Waals surface area contributed by atoms with Crippen LogP contribution in [0.3, 0.4) is 0 Å². The predicted octanol–water partition coefficient (Wildman–Crippen LogP) is 5.56. The Balaban J connectivity index is 1.39. The van der Waals surface area contributed by atoms with Crippen LogP contribution in [0, 0.1) is 6.92 Å². The number of ether oxygens (including phenoxy) is 1. The summed E-state index contributed by atoms with van der Waals surface area (Å²) in [5, 5.41) is 4.02. The van der Waals surface area contributed by atoms with Gasteiger partial charge < -0.3 is 19.4 Å². The second-order valence-electron chi connectivity index (χ2n) is 7.77. The van der Waals surface area contributed by atoms with Gasteiger partial charge in [0, 0.05) is 31.3 Å². The number of hydrogen-bond acceptors (Lipinski definition) is 8. The quantitative estimate of drug-likeness (QED) is 0.366. The molecule has 3 aromatic heterocycles. The minimum absolute atomic E-state index is 0.156. The lowest BCUT2D eigenvalue weighted by atomic mass is 10.1. The lowest BCUT2D eigenvalue weighted by Crippen LogP contribution is -2.36. The number of nitrogens with zero attached hydrogens (tertiary/aromatic N) is 3. The number of thiazole rings is 1. The number of anilines is 2. The molecule has 2 aromatic carbocycles. The van der Waals surface area contributed by atoms with Crippen LogP contribution in [0.2, 0.25) is 0 Å². The number of thiophene rings is 1. The first-order valence-electron chi connectivity index (χ1n) is 10.7. The molecule has 0 spiro atoms. The van der Waals surface area contributed by atoms with Crippen LogP contribution >= 0.6 is 22.7 Å². The first-order valence-corrected chi connectivity index (χ1v) is 12.3. The number of oxazole rings is 1. The molecule has 6 rings (SSSR count). The summed E-state index contributed by atoms with van der Waals surface area (Å²) in [4.78, 5) is 26.4. The van der Waals surface area contributed by atoms with Gasteiger partial charge in [-0.1, -0.05) is 41.7 Å². The maximum atomic E-state index is 13.4. The standard InChI is InChI=1S/C24H20N4O3S2/c1-14-25-17-13-16(7-8-18(17)31-14)26-22(29)20-19(15-5-3-2-4-6-15)21-23(32-20)27-24(33-21)28-9-11-30-12-10-28/h2-8,13H,9-12H2,1H3,(H,26,29). The summed E-state index contributed by atoms with van der Waals surface area (Å²) >= 11 is 3.08. The van der Waals surface area contributed by atoms with E-state index in [1.54, 1.807) is 18.3 Å². The van der Waals surface area contributed by atoms with Gasteiger partial charge in [-0.25, -0.2) is 9.97 Å². The van der Waals surface area contributed by atoms with E-state index in [0.717, 1.165) is 44.4 Å². The van der Waals surface area contributed by atoms with Crippen LogP contribution in [0.1, 0.15) is 15.6 Å². The fourth-order valence-electron chi connectivity index (χ4n) is 4.00. The third-order valence-corrected chi connectivity index (χ3v) is 7.89. The summed E-state index contributed by atoms with van der Waals surface area (Å²) in [6.07, 6.45) is 0. The lowest BCUT2D eigenvalue weighted by Gasteiger charge is -2.25. The number of fused-ring (bicyclic) bond motifs is 2. The number of morpholine rings is 1. The van der Waals surface area contributed by atoms with E-state index in [4.69, 9.17) is 14.1 Å². The van der Waals surface area contributed by atoms with Crippen molar-refractivity contribution in [1.29, 1.82) is 0 Å². The van der Waals surface area contributed by atoms with E-state index in [9.17, 15) is 4.79 Å². The molecule has 7 nitrogen and oxygen atoms in total. The van der Waals surface area contributed by atoms with E-state index in [2.05, 4.69) is 15.2 Å². The molecule has 4 heterocycles. The monoisotopic (exact) mass is 476 g/mol. The summed E-state index contributed by atoms with van der Waals surface area (Å²) in [7, 11) is 0. The molecule has 33 heavy (non-hydrogen) atoms. The molecule has 0 atom stereocenters. The molecule has 166 valence electrons. The molecule has 5 aromatic rings. The smallest absolute Gasteiger partial charge is 0.266 e. The number of carbonyl (C=O) groups excluding carboxylic acids is 1. The van der Waals surface area contributed by atoms with Crippen molar-refractivity contribution in [2.75, 3.05) is 36.5 Å². The Kier molecular flexibility index (Phi) is 5.09. The third kappa shape index (κ3) is 3.78. The van der Waals surface area contributed by atoms with Gasteiger partial charge in [-0.2, -0.15) is 0 Å². The molecule has 0 bridgehead atoms. The number of nitrogens with one attached hydrogen (secondary N) is 1. The number of benzene rings is 2. The average Bonchev–Trinajstić information content (AvgIpc) is 3.51. The van der Waals surface area contributed by atoms with E-state index < -0.39 is 0 Å². The van der Waals surface area contributed by atoms with E-state index >= 15 is 0 Å². The van der Waals surface area contributed by atoms with Gasteiger partial charge in [-0.15, -0.1) is 11.3 Å². The van der Waals surface area contributed by atoms with Crippen molar-refractivity contribution in [3.63, 3.8) is 0 Å². The molecular weight excluding hydrogens is 456 g/mol. The number of aromatic nitrogens is 2. The van der Waals surface area contributed by atoms with Crippen molar-refractivity contribution in [3.8, 4) is 11.1 Å². The average molecular weight is 477 g/mol. The molecule has 9 heteroatoms. The minimum Gasteiger partial charge on any atom is -0.441 e. The Labute approximate surface area is 197 Å². The Bertz CT molecular complexity index is 1470. The third-order valence-electron chi connectivity index (χ3n) is 5.54. The highest BCUT2D eigenvalue weighted by Gasteiger charge is 2.25. The van der Waals surface area contributed by atoms with Gasteiger partial charge in [0.2, 0.25) is 0 Å². The van der Waals surface area contributed by atoms with Gasteiger partial charge in [0.15, 0.2) is 16.6 Å². The van der Waals surface area contributed by atoms with Crippen LogP contribution in [0.15, 0.2) is 52.9 Å². The van der Waals surface area contributed by atoms with E-state index in [1.807, 2.05) is 48.5 Å². The lowest BCUT2D eigenvalue weighted by molar-refractivity contribution is 0.103. The highest BCUT2D eigenvalue weighted by Crippen LogP contribution is 2.44. The highest BCUT2D eigenvalue weighted by atomic mass is 32.1. The normalized spacial score (nSPS) is 14.3. The van der Waals surface area contributed by atoms with Crippen LogP contribution in [0.5, 0.6) is 0 Å². The zero-order chi connectivity index (χ0) is 22.4. The summed E-state index contributed by atoms with van der Waals surface area (Å²) in [6, 6.07) is 15.5. The molecule has 0 unspecified atom stereocenters. The maximum Gasteiger partial charge on any atom is 0.266 e. The fourth-order valence-corrected chi connectivity index (χ4v) is 6.44. The number of rotatable bonds is 4. The molecule has 1 aliphatic heterocycles. The predicted molar refractivity (Wildman–Crippen MR) is 133 cm³/mol. The van der Waals surface area contributed by atoms with Crippen molar-refractivity contribution in [1.82, 2.24) is 9.97 Å². The summed E-state index contributed by atoms with van der Waals surface area (Å²) < 4.78 is 12.1. The summed E-state index contributed by atoms with van der Waals surface area (Å²) in [5.41, 5.74) is 4.04. The number of amides is 1. The van der Waals surface area contributed by atoms with E-state index in [0.29, 0.717) is 35.3 Å². The zero-order valence-corrected chi connectivity index (χ0v) is 19.5. The minimum atomic E-state index is -0.156. The van der Waals surface area contributed by atoms with Crippen molar-refractivity contribution < 1.29 is 13.9 Å². The zero-order valence-electron chi connectivity index (χ0n) is 17.8. The molecule has 1 amide bonds. The second-order valence-corrected chi connectivity index (χ2v) is 9.75. The molecule has 0 aliphatic carbocycles. The Morgan fingerprint density at radius 1 is 1.06 bits per heavy atom. The van der Waals surface area contributed by atoms with Gasteiger partial charge in [0.25, 0.3) is 5.91 Å². The van der Waals surface area contributed by atoms with Gasteiger partial charge in [0.05, 0.1) is 17.9 Å². The topological polar surface area (TPSA) is 80.5 Å². The van der Waals surface area contributed by atoms with Crippen LogP contribution in [0.4, 0.5) is 10.8 Å². The molecule has 1 N–H and O–H groups in total. The van der Waals surface area contributed by atoms with Crippen LogP contribution in [-0.4, -0.2) is 42.2 Å². The van der Waals surface area contributed by atoms with Crippen LogP contribution < -0.4 is 10.2 Å². The van der Waals surface area contributed by atoms with Gasteiger partial charge >= 0.3 is 0 Å². The van der Waals surface area contributed by atoms with E-state index in [-0.39, 0.29) is 5.91 Å². The molecule has 0 saturated carbocycles. The molecular formula is C24H20N4O3S2. The molecule has 1 aliphatic rings. The molecule has 0 radical (unpaired) electrons. The summed E-state index contributed by atoms with van der Waals surface area (Å²) in [6.45, 7) is 4.89. The molecule has 1 saturated heterocycles. The van der Waals surface area contributed by atoms with Crippen molar-refractivity contribution in [3.05, 3.63) is 59.3 Å². The number of aryl methyl sites for hydroxylation is 1. The largest absolute Gasteiger partial charge is 0.441 e. The van der Waals surface area contributed by atoms with Crippen LogP contribution in [0.25, 0.3) is 31.8 Å². The second kappa shape index (κ2) is 8.26. The van der Waals surface area contributed by atoms with Crippen molar-refractivity contribution in [2.45, 2.75) is 6.92 Å². The van der Waals surface area contributed by atoms with Gasteiger partial charge in [-0.05, 0) is 23.8 Å². The SMILES string of the molecule is Cc1nc2cc(NC(=O)c3sc4nc(N5CCOCC5)sc4c3-c3ccccc3)ccc2o1. The Morgan fingerprint density at radius 3 is 2.70 bits per heavy atom. The maximum absolute atomic E-state index is 13.4. The van der Waals surface area contributed by atoms with Gasteiger partial charge in [-0.3, -0.25) is 4.79 Å². The first-order chi connectivity index (χ1) is 16.2. The fraction of sp³-hybridized carbons (Fsp3) is 0.208. The number of hydrogen-bond donors (Lipinski definition) is 1. The summed E-state index contributed by atoms with van der Waals surface area (Å²) in [5.74, 6) is 0.442. The van der Waals surface area contributed by atoms with Gasteiger partial charge in [0.1, 0.15) is 15.2 Å². The highest BCUT2D eigenvalue weighted by molar-refractivity contribution is 7.30. The van der Waals surface area contributed by atoms with Crippen LogP contribution in [-0.2, 0) is 4.74 Å². The van der Waals surface area contributed by atoms with Crippen molar-refractivity contribution >= 4 is 60.0 Å². The Hall–Kier alpha value is -3.27. The van der Waals surface area contributed by atoms with Crippen molar-refractivity contribution in [2.24, 2.45) is 0 Å². The first kappa shape index (κ1) is 20.3. The number of carbonyl (C=O) groups is 1. The Morgan fingerprint density at radius 2 is 1.88 bits per heavy atom. The molecule has 1 fully saturated rings. The van der Waals surface area contributed by atoms with E-state index in [1.165, 1.54) is 11.3 Å².